The van der Waals surface area contributed by atoms with Crippen molar-refractivity contribution in [3.8, 4) is 0 Å². The third-order valence-corrected chi connectivity index (χ3v) is 3.84. The minimum Gasteiger partial charge on any atom is -0.452 e. The summed E-state index contributed by atoms with van der Waals surface area (Å²) in [6.07, 6.45) is -1.32. The lowest BCUT2D eigenvalue weighted by Crippen LogP contribution is -2.21. The molecule has 0 aliphatic carbocycles. The van der Waals surface area contributed by atoms with Crippen molar-refractivity contribution in [3.05, 3.63) is 65.2 Å². The van der Waals surface area contributed by atoms with Crippen LogP contribution in [0.25, 0.3) is 0 Å². The molecule has 0 atom stereocenters. The molecule has 0 aliphatic rings. The van der Waals surface area contributed by atoms with Gasteiger partial charge in [-0.15, -0.1) is 0 Å². The van der Waals surface area contributed by atoms with Gasteiger partial charge in [-0.3, -0.25) is 4.79 Å². The molecule has 0 aliphatic heterocycles. The van der Waals surface area contributed by atoms with Crippen molar-refractivity contribution in [2.24, 2.45) is 0 Å². The van der Waals surface area contributed by atoms with E-state index in [4.69, 9.17) is 4.74 Å². The smallest absolute Gasteiger partial charge is 0.416 e. The number of carbonyl (C=O) groups excluding carboxylic acids is 2. The molecule has 1 N–H and O–H groups in total. The first-order valence-corrected chi connectivity index (χ1v) is 8.52. The van der Waals surface area contributed by atoms with E-state index < -0.39 is 30.2 Å². The number of hydrogen-bond donors (Lipinski definition) is 1. The average molecular weight is 379 g/mol. The molecular weight excluding hydrogens is 359 g/mol. The Hall–Kier alpha value is -2.83. The quantitative estimate of drug-likeness (QED) is 0.700. The summed E-state index contributed by atoms with van der Waals surface area (Å²) in [6, 6.07) is 11.0. The zero-order valence-corrected chi connectivity index (χ0v) is 14.8. The van der Waals surface area contributed by atoms with Crippen LogP contribution >= 0.6 is 0 Å². The molecule has 0 bridgehead atoms. The third kappa shape index (κ3) is 6.44. The summed E-state index contributed by atoms with van der Waals surface area (Å²) < 4.78 is 42.3. The molecular formula is C20H20F3NO3. The highest BCUT2D eigenvalue weighted by Crippen LogP contribution is 2.29. The molecule has 2 aromatic carbocycles. The van der Waals surface area contributed by atoms with E-state index in [1.54, 1.807) is 12.1 Å². The summed E-state index contributed by atoms with van der Waals surface area (Å²) in [5.74, 6) is -1.40. The van der Waals surface area contributed by atoms with Crippen molar-refractivity contribution in [1.29, 1.82) is 0 Å². The normalized spacial score (nSPS) is 11.1. The van der Waals surface area contributed by atoms with Crippen LogP contribution in [0.3, 0.4) is 0 Å². The number of ether oxygens (including phenoxy) is 1. The van der Waals surface area contributed by atoms with Gasteiger partial charge in [0, 0.05) is 5.69 Å². The van der Waals surface area contributed by atoms with Crippen LogP contribution in [0.4, 0.5) is 18.9 Å². The molecule has 4 nitrogen and oxygen atoms in total. The standard InChI is InChI=1S/C20H20F3NO3/c1-2-3-4-14-5-11-17(12-6-14)24-18(25)13-27-19(26)15-7-9-16(10-8-15)20(21,22)23/h5-12H,2-4,13H2,1H3,(H,24,25). The molecule has 0 saturated carbocycles. The van der Waals surface area contributed by atoms with Gasteiger partial charge in [0.15, 0.2) is 6.61 Å². The number of unbranched alkanes of at least 4 members (excludes halogenated alkanes) is 1. The minimum absolute atomic E-state index is 0.0592. The van der Waals surface area contributed by atoms with Gasteiger partial charge >= 0.3 is 12.1 Å². The van der Waals surface area contributed by atoms with Gasteiger partial charge in [-0.25, -0.2) is 4.79 Å². The van der Waals surface area contributed by atoms with E-state index >= 15 is 0 Å². The number of aryl methyl sites for hydroxylation is 1. The summed E-state index contributed by atoms with van der Waals surface area (Å²) in [5.41, 5.74) is 0.824. The molecule has 0 radical (unpaired) electrons. The minimum atomic E-state index is -4.48. The highest BCUT2D eigenvalue weighted by atomic mass is 19.4. The molecule has 0 fully saturated rings. The van der Waals surface area contributed by atoms with Crippen LogP contribution in [-0.4, -0.2) is 18.5 Å². The first-order chi connectivity index (χ1) is 12.8. The number of esters is 1. The first kappa shape index (κ1) is 20.5. The number of hydrogen-bond acceptors (Lipinski definition) is 3. The summed E-state index contributed by atoms with van der Waals surface area (Å²) >= 11 is 0. The van der Waals surface area contributed by atoms with E-state index in [2.05, 4.69) is 12.2 Å². The SMILES string of the molecule is CCCCc1ccc(NC(=O)COC(=O)c2ccc(C(F)(F)F)cc2)cc1. The Morgan fingerprint density at radius 1 is 1.00 bits per heavy atom. The maximum atomic E-state index is 12.5. The molecule has 2 aromatic rings. The van der Waals surface area contributed by atoms with Gasteiger partial charge < -0.3 is 10.1 Å². The lowest BCUT2D eigenvalue weighted by Gasteiger charge is -2.09. The van der Waals surface area contributed by atoms with Crippen molar-refractivity contribution in [2.45, 2.75) is 32.4 Å². The first-order valence-electron chi connectivity index (χ1n) is 8.52. The summed E-state index contributed by atoms with van der Waals surface area (Å²) in [7, 11) is 0. The fraction of sp³-hybridized carbons (Fsp3) is 0.300. The molecule has 0 spiro atoms. The second-order valence-electron chi connectivity index (χ2n) is 6.00. The molecule has 144 valence electrons. The Morgan fingerprint density at radius 3 is 2.19 bits per heavy atom. The van der Waals surface area contributed by atoms with Crippen LogP contribution in [0.1, 0.15) is 41.3 Å². The van der Waals surface area contributed by atoms with Crippen LogP contribution < -0.4 is 5.32 Å². The van der Waals surface area contributed by atoms with Gasteiger partial charge in [0.1, 0.15) is 0 Å². The van der Waals surface area contributed by atoms with Gasteiger partial charge in [0.25, 0.3) is 5.91 Å². The summed E-state index contributed by atoms with van der Waals surface area (Å²) in [4.78, 5) is 23.7. The van der Waals surface area contributed by atoms with Crippen LogP contribution in [0.15, 0.2) is 48.5 Å². The Bertz CT molecular complexity index is 769. The molecule has 7 heteroatoms. The number of amides is 1. The Balaban J connectivity index is 1.83. The predicted molar refractivity (Wildman–Crippen MR) is 95.4 cm³/mol. The van der Waals surface area contributed by atoms with Gasteiger partial charge in [-0.2, -0.15) is 13.2 Å². The second kappa shape index (κ2) is 9.21. The van der Waals surface area contributed by atoms with E-state index in [-0.39, 0.29) is 5.56 Å². The van der Waals surface area contributed by atoms with Crippen LogP contribution in [-0.2, 0) is 22.1 Å². The number of alkyl halides is 3. The Labute approximate surface area is 155 Å². The Morgan fingerprint density at radius 2 is 1.63 bits per heavy atom. The summed E-state index contributed by atoms with van der Waals surface area (Å²) in [6.45, 7) is 1.58. The van der Waals surface area contributed by atoms with E-state index in [1.165, 1.54) is 5.56 Å². The van der Waals surface area contributed by atoms with Crippen molar-refractivity contribution < 1.29 is 27.5 Å². The van der Waals surface area contributed by atoms with Crippen LogP contribution in [0.2, 0.25) is 0 Å². The third-order valence-electron chi connectivity index (χ3n) is 3.84. The molecule has 0 unspecified atom stereocenters. The van der Waals surface area contributed by atoms with Crippen molar-refractivity contribution >= 4 is 17.6 Å². The second-order valence-corrected chi connectivity index (χ2v) is 6.00. The highest BCUT2D eigenvalue weighted by Gasteiger charge is 2.30. The van der Waals surface area contributed by atoms with E-state index in [0.29, 0.717) is 5.69 Å². The van der Waals surface area contributed by atoms with Crippen LogP contribution in [0, 0.1) is 0 Å². The van der Waals surface area contributed by atoms with E-state index in [0.717, 1.165) is 43.5 Å². The molecule has 1 amide bonds. The van der Waals surface area contributed by atoms with Gasteiger partial charge in [0.05, 0.1) is 11.1 Å². The monoisotopic (exact) mass is 379 g/mol. The molecule has 2 rings (SSSR count). The van der Waals surface area contributed by atoms with Crippen molar-refractivity contribution in [3.63, 3.8) is 0 Å². The number of halogens is 3. The van der Waals surface area contributed by atoms with Gasteiger partial charge in [-0.05, 0) is 54.8 Å². The number of nitrogens with one attached hydrogen (secondary N) is 1. The predicted octanol–water partition coefficient (Wildman–Crippen LogP) is 4.84. The zero-order chi connectivity index (χ0) is 19.9. The maximum Gasteiger partial charge on any atom is 0.416 e. The topological polar surface area (TPSA) is 55.4 Å². The number of anilines is 1. The lowest BCUT2D eigenvalue weighted by molar-refractivity contribution is -0.137. The molecule has 0 aromatic heterocycles. The number of carbonyl (C=O) groups is 2. The zero-order valence-electron chi connectivity index (χ0n) is 14.8. The van der Waals surface area contributed by atoms with Crippen molar-refractivity contribution in [1.82, 2.24) is 0 Å². The highest BCUT2D eigenvalue weighted by molar-refractivity contribution is 5.95. The maximum absolute atomic E-state index is 12.5. The van der Waals surface area contributed by atoms with Crippen LogP contribution in [0.5, 0.6) is 0 Å². The summed E-state index contributed by atoms with van der Waals surface area (Å²) in [5, 5.41) is 2.60. The molecule has 27 heavy (non-hydrogen) atoms. The van der Waals surface area contributed by atoms with Gasteiger partial charge in [0.2, 0.25) is 0 Å². The van der Waals surface area contributed by atoms with E-state index in [9.17, 15) is 22.8 Å². The molecule has 0 saturated heterocycles. The number of benzene rings is 2. The molecule has 0 heterocycles. The fourth-order valence-electron chi connectivity index (χ4n) is 2.34. The average Bonchev–Trinajstić information content (AvgIpc) is 2.65. The number of rotatable bonds is 7. The fourth-order valence-corrected chi connectivity index (χ4v) is 2.34. The lowest BCUT2D eigenvalue weighted by atomic mass is 10.1. The van der Waals surface area contributed by atoms with E-state index in [1.807, 2.05) is 12.1 Å². The van der Waals surface area contributed by atoms with Crippen molar-refractivity contribution in [2.75, 3.05) is 11.9 Å². The largest absolute Gasteiger partial charge is 0.452 e. The van der Waals surface area contributed by atoms with Gasteiger partial charge in [-0.1, -0.05) is 25.5 Å². The Kier molecular flexibility index (Phi) is 6.98.